The maximum atomic E-state index is 12.2. The molecule has 0 aliphatic carbocycles. The maximum Gasteiger partial charge on any atom is 0.185 e. The Morgan fingerprint density at radius 1 is 0.773 bits per heavy atom. The second-order valence-electron chi connectivity index (χ2n) is 5.12. The van der Waals surface area contributed by atoms with Gasteiger partial charge in [0.25, 0.3) is 0 Å². The zero-order valence-corrected chi connectivity index (χ0v) is 13.0. The molecule has 0 amide bonds. The van der Waals surface area contributed by atoms with E-state index in [1.165, 1.54) is 23.3 Å². The summed E-state index contributed by atoms with van der Waals surface area (Å²) in [6.07, 6.45) is 4.56. The van der Waals surface area contributed by atoms with Crippen LogP contribution in [0.4, 0.5) is 0 Å². The molecule has 0 bridgehead atoms. The summed E-state index contributed by atoms with van der Waals surface area (Å²) in [6, 6.07) is 14.7. The van der Waals surface area contributed by atoms with Gasteiger partial charge in [-0.3, -0.25) is 9.59 Å². The van der Waals surface area contributed by atoms with Crippen LogP contribution in [0.25, 0.3) is 0 Å². The van der Waals surface area contributed by atoms with Crippen molar-refractivity contribution in [2.45, 2.75) is 26.7 Å². The highest BCUT2D eigenvalue weighted by molar-refractivity contribution is 6.11. The number of hydrogen-bond acceptors (Lipinski definition) is 2. The Hall–Kier alpha value is -2.48. The number of rotatable bonds is 6. The van der Waals surface area contributed by atoms with Gasteiger partial charge in [-0.1, -0.05) is 56.3 Å². The van der Waals surface area contributed by atoms with Crippen LogP contribution in [-0.2, 0) is 12.8 Å². The van der Waals surface area contributed by atoms with Gasteiger partial charge in [0.05, 0.1) is 0 Å². The highest BCUT2D eigenvalue weighted by Crippen LogP contribution is 2.14. The highest BCUT2D eigenvalue weighted by Gasteiger charge is 2.07. The van der Waals surface area contributed by atoms with E-state index in [4.69, 9.17) is 0 Å². The third-order valence-corrected chi connectivity index (χ3v) is 3.70. The van der Waals surface area contributed by atoms with Crippen molar-refractivity contribution in [3.8, 4) is 0 Å². The molecule has 0 aliphatic heterocycles. The average molecular weight is 292 g/mol. The Kier molecular flexibility index (Phi) is 5.42. The largest absolute Gasteiger partial charge is 0.289 e. The van der Waals surface area contributed by atoms with E-state index < -0.39 is 0 Å². The molecule has 0 aromatic heterocycles. The Balaban J connectivity index is 2.15. The summed E-state index contributed by atoms with van der Waals surface area (Å²) in [5, 5.41) is 0. The van der Waals surface area contributed by atoms with Crippen LogP contribution in [0.1, 0.15) is 45.7 Å². The molecule has 2 rings (SSSR count). The van der Waals surface area contributed by atoms with Crippen molar-refractivity contribution in [2.24, 2.45) is 0 Å². The molecule has 0 saturated carbocycles. The summed E-state index contributed by atoms with van der Waals surface area (Å²) < 4.78 is 0. The normalized spacial score (nSPS) is 10.8. The third kappa shape index (κ3) is 3.79. The number of benzene rings is 2. The number of carbonyl (C=O) groups is 2. The molecule has 0 heterocycles. The molecule has 112 valence electrons. The Morgan fingerprint density at radius 3 is 1.95 bits per heavy atom. The maximum absolute atomic E-state index is 12.2. The van der Waals surface area contributed by atoms with Gasteiger partial charge in [0.2, 0.25) is 0 Å². The van der Waals surface area contributed by atoms with Crippen molar-refractivity contribution in [3.63, 3.8) is 0 Å². The minimum atomic E-state index is -0.158. The zero-order valence-electron chi connectivity index (χ0n) is 13.0. The predicted octanol–water partition coefficient (Wildman–Crippen LogP) is 4.43. The molecule has 2 nitrogen and oxygen atoms in total. The quantitative estimate of drug-likeness (QED) is 0.583. The second-order valence-corrected chi connectivity index (χ2v) is 5.12. The molecule has 0 atom stereocenters. The smallest absolute Gasteiger partial charge is 0.185 e. The highest BCUT2D eigenvalue weighted by atomic mass is 16.1. The van der Waals surface area contributed by atoms with Gasteiger partial charge in [-0.15, -0.1) is 0 Å². The summed E-state index contributed by atoms with van der Waals surface area (Å²) in [7, 11) is 0. The lowest BCUT2D eigenvalue weighted by atomic mass is 9.98. The topological polar surface area (TPSA) is 34.1 Å². The van der Waals surface area contributed by atoms with Crippen molar-refractivity contribution < 1.29 is 9.59 Å². The molecule has 2 aromatic carbocycles. The number of hydrogen-bond donors (Lipinski definition) is 0. The van der Waals surface area contributed by atoms with Crippen molar-refractivity contribution in [1.29, 1.82) is 0 Å². The van der Waals surface area contributed by atoms with E-state index in [1.54, 1.807) is 24.3 Å². The van der Waals surface area contributed by atoms with Gasteiger partial charge in [0.1, 0.15) is 0 Å². The fraction of sp³-hybridized carbons (Fsp3) is 0.200. The summed E-state index contributed by atoms with van der Waals surface area (Å²) in [5.41, 5.74) is 3.67. The van der Waals surface area contributed by atoms with E-state index in [2.05, 4.69) is 13.8 Å². The third-order valence-electron chi connectivity index (χ3n) is 3.70. The van der Waals surface area contributed by atoms with Crippen LogP contribution in [0.5, 0.6) is 0 Å². The van der Waals surface area contributed by atoms with Gasteiger partial charge in [-0.2, -0.15) is 0 Å². The molecular weight excluding hydrogens is 272 g/mol. The van der Waals surface area contributed by atoms with Gasteiger partial charge in [-0.25, -0.2) is 0 Å². The lowest BCUT2D eigenvalue weighted by Gasteiger charge is -2.07. The van der Waals surface area contributed by atoms with Crippen LogP contribution in [0, 0.1) is 0 Å². The van der Waals surface area contributed by atoms with Crippen LogP contribution in [0.15, 0.2) is 60.7 Å². The lowest BCUT2D eigenvalue weighted by Crippen LogP contribution is -2.01. The molecule has 0 radical (unpaired) electrons. The molecule has 0 aliphatic rings. The Morgan fingerprint density at radius 2 is 1.36 bits per heavy atom. The van der Waals surface area contributed by atoms with E-state index in [9.17, 15) is 9.59 Å². The fourth-order valence-corrected chi connectivity index (χ4v) is 2.40. The minimum absolute atomic E-state index is 0.137. The van der Waals surface area contributed by atoms with Gasteiger partial charge in [-0.05, 0) is 42.2 Å². The van der Waals surface area contributed by atoms with Crippen LogP contribution in [0.3, 0.4) is 0 Å². The van der Waals surface area contributed by atoms with E-state index >= 15 is 0 Å². The van der Waals surface area contributed by atoms with Gasteiger partial charge in [0, 0.05) is 11.1 Å². The number of allylic oxidation sites excluding steroid dienone is 2. The van der Waals surface area contributed by atoms with Gasteiger partial charge in [0.15, 0.2) is 11.6 Å². The van der Waals surface area contributed by atoms with E-state index in [1.807, 2.05) is 24.3 Å². The molecule has 2 heteroatoms. The first-order valence-corrected chi connectivity index (χ1v) is 7.59. The van der Waals surface area contributed by atoms with Crippen molar-refractivity contribution in [3.05, 3.63) is 82.9 Å². The van der Waals surface area contributed by atoms with Gasteiger partial charge < -0.3 is 0 Å². The average Bonchev–Trinajstić information content (AvgIpc) is 2.59. The first kappa shape index (κ1) is 15.9. The molecule has 0 unspecified atom stereocenters. The first-order valence-electron chi connectivity index (χ1n) is 7.59. The van der Waals surface area contributed by atoms with Crippen LogP contribution < -0.4 is 0 Å². The first-order chi connectivity index (χ1) is 10.7. The second kappa shape index (κ2) is 7.51. The molecular formula is C20H20O2. The van der Waals surface area contributed by atoms with E-state index in [0.717, 1.165) is 12.8 Å². The predicted molar refractivity (Wildman–Crippen MR) is 89.4 cm³/mol. The molecule has 0 fully saturated rings. The molecule has 2 aromatic rings. The molecule has 0 N–H and O–H groups in total. The number of aryl methyl sites for hydroxylation is 2. The SMILES string of the molecule is CCc1ccc(C(=O)C=CC(=O)c2ccccc2)cc1CC. The Bertz CT molecular complexity index is 697. The summed E-state index contributed by atoms with van der Waals surface area (Å²) in [6.45, 7) is 4.19. The van der Waals surface area contributed by atoms with Crippen LogP contribution in [0.2, 0.25) is 0 Å². The zero-order chi connectivity index (χ0) is 15.9. The standard InChI is InChI=1S/C20H20O2/c1-3-15-10-11-18(14-16(15)4-2)20(22)13-12-19(21)17-8-6-5-7-9-17/h5-14H,3-4H2,1-2H3. The summed E-state index contributed by atoms with van der Waals surface area (Å²) >= 11 is 0. The van der Waals surface area contributed by atoms with Crippen molar-refractivity contribution in [1.82, 2.24) is 0 Å². The summed E-state index contributed by atoms with van der Waals surface area (Å²) in [4.78, 5) is 24.2. The minimum Gasteiger partial charge on any atom is -0.289 e. The molecule has 0 saturated heterocycles. The van der Waals surface area contributed by atoms with E-state index in [0.29, 0.717) is 11.1 Å². The Labute approximate surface area is 131 Å². The summed E-state index contributed by atoms with van der Waals surface area (Å²) in [5.74, 6) is -0.295. The fourth-order valence-electron chi connectivity index (χ4n) is 2.40. The molecule has 22 heavy (non-hydrogen) atoms. The van der Waals surface area contributed by atoms with Gasteiger partial charge >= 0.3 is 0 Å². The lowest BCUT2D eigenvalue weighted by molar-refractivity contribution is 0.102. The monoisotopic (exact) mass is 292 g/mol. The van der Waals surface area contributed by atoms with E-state index in [-0.39, 0.29) is 11.6 Å². The number of ketones is 2. The molecule has 0 spiro atoms. The van der Waals surface area contributed by atoms with Crippen LogP contribution in [-0.4, -0.2) is 11.6 Å². The van der Waals surface area contributed by atoms with Crippen LogP contribution >= 0.6 is 0 Å². The van der Waals surface area contributed by atoms with Crippen molar-refractivity contribution >= 4 is 11.6 Å². The van der Waals surface area contributed by atoms with Crippen molar-refractivity contribution in [2.75, 3.05) is 0 Å². The number of carbonyl (C=O) groups excluding carboxylic acids is 2.